The van der Waals surface area contributed by atoms with Crippen LogP contribution in [0.15, 0.2) is 17.1 Å². The summed E-state index contributed by atoms with van der Waals surface area (Å²) in [4.78, 5) is 33.5. The number of nitrogens with zero attached hydrogens (tertiary/aromatic N) is 3. The number of fused-ring (bicyclic) bond motifs is 5. The molecule has 2 heterocycles. The van der Waals surface area contributed by atoms with Crippen molar-refractivity contribution >= 4 is 41.8 Å². The fourth-order valence-corrected chi connectivity index (χ4v) is 5.21. The van der Waals surface area contributed by atoms with E-state index < -0.39 is 0 Å². The number of amides is 2. The summed E-state index contributed by atoms with van der Waals surface area (Å²) in [7, 11) is 1.75. The summed E-state index contributed by atoms with van der Waals surface area (Å²) in [5, 5.41) is 6.56. The predicted molar refractivity (Wildman–Crippen MR) is 120 cm³/mol. The Kier molecular flexibility index (Phi) is 7.36. The van der Waals surface area contributed by atoms with Crippen molar-refractivity contribution in [2.45, 2.75) is 25.7 Å². The highest BCUT2D eigenvalue weighted by Crippen LogP contribution is 2.52. The molecule has 7 nitrogen and oxygen atoms in total. The van der Waals surface area contributed by atoms with E-state index in [0.29, 0.717) is 13.1 Å². The van der Waals surface area contributed by atoms with Gasteiger partial charge in [0.2, 0.25) is 11.8 Å². The minimum atomic E-state index is -0.102. The SMILES string of the molecule is CN=C(NCCN1CCCCC1)NCCN1C(=O)C2C3C=CC(C3)C2C1=O.I. The molecule has 0 aromatic heterocycles. The van der Waals surface area contributed by atoms with Gasteiger partial charge in [-0.3, -0.25) is 19.5 Å². The minimum absolute atomic E-state index is 0. The van der Waals surface area contributed by atoms with Crippen molar-refractivity contribution in [3.8, 4) is 0 Å². The molecule has 0 aromatic carbocycles. The Morgan fingerprint density at radius 3 is 2.14 bits per heavy atom. The Labute approximate surface area is 184 Å². The van der Waals surface area contributed by atoms with Gasteiger partial charge in [-0.1, -0.05) is 18.6 Å². The third kappa shape index (κ3) is 4.22. The van der Waals surface area contributed by atoms with E-state index in [4.69, 9.17) is 0 Å². The van der Waals surface area contributed by atoms with E-state index in [1.165, 1.54) is 37.3 Å². The van der Waals surface area contributed by atoms with Gasteiger partial charge in [0.25, 0.3) is 0 Å². The zero-order valence-electron chi connectivity index (χ0n) is 16.6. The largest absolute Gasteiger partial charge is 0.355 e. The first-order valence-electron chi connectivity index (χ1n) is 10.4. The molecule has 2 saturated heterocycles. The molecule has 2 aliphatic carbocycles. The molecule has 0 aromatic rings. The molecule has 0 spiro atoms. The average molecular weight is 501 g/mol. The van der Waals surface area contributed by atoms with Crippen LogP contribution in [0.1, 0.15) is 25.7 Å². The number of piperidine rings is 1. The Morgan fingerprint density at radius 1 is 1.00 bits per heavy atom. The van der Waals surface area contributed by atoms with Gasteiger partial charge in [0.15, 0.2) is 5.96 Å². The third-order valence-corrected chi connectivity index (χ3v) is 6.58. The molecule has 4 atom stereocenters. The maximum Gasteiger partial charge on any atom is 0.233 e. The predicted octanol–water partition coefficient (Wildman–Crippen LogP) is 1.06. The zero-order valence-corrected chi connectivity index (χ0v) is 18.9. The van der Waals surface area contributed by atoms with Crippen LogP contribution in [0.25, 0.3) is 0 Å². The second-order valence-electron chi connectivity index (χ2n) is 8.16. The second kappa shape index (κ2) is 9.56. The fraction of sp³-hybridized carbons (Fsp3) is 0.750. The number of allylic oxidation sites excluding steroid dienone is 2. The van der Waals surface area contributed by atoms with Crippen molar-refractivity contribution < 1.29 is 9.59 Å². The van der Waals surface area contributed by atoms with Gasteiger partial charge in [-0.15, -0.1) is 24.0 Å². The van der Waals surface area contributed by atoms with Crippen molar-refractivity contribution in [2.24, 2.45) is 28.7 Å². The fourth-order valence-electron chi connectivity index (χ4n) is 5.21. The monoisotopic (exact) mass is 501 g/mol. The van der Waals surface area contributed by atoms with Crippen LogP contribution in [-0.2, 0) is 9.59 Å². The highest BCUT2D eigenvalue weighted by Gasteiger charge is 2.58. The number of hydrogen-bond acceptors (Lipinski definition) is 4. The highest BCUT2D eigenvalue weighted by molar-refractivity contribution is 14.0. The van der Waals surface area contributed by atoms with Crippen LogP contribution >= 0.6 is 24.0 Å². The second-order valence-corrected chi connectivity index (χ2v) is 8.16. The molecule has 4 aliphatic rings. The molecule has 2 N–H and O–H groups in total. The summed E-state index contributed by atoms with van der Waals surface area (Å²) in [5.41, 5.74) is 0. The van der Waals surface area contributed by atoms with Crippen LogP contribution in [0.4, 0.5) is 0 Å². The number of likely N-dealkylation sites (tertiary alicyclic amines) is 2. The summed E-state index contributed by atoms with van der Waals surface area (Å²) < 4.78 is 0. The van der Waals surface area contributed by atoms with E-state index in [2.05, 4.69) is 32.7 Å². The van der Waals surface area contributed by atoms with E-state index in [1.807, 2.05) is 0 Å². The van der Waals surface area contributed by atoms with Gasteiger partial charge in [0, 0.05) is 33.2 Å². The quantitative estimate of drug-likeness (QED) is 0.187. The maximum absolute atomic E-state index is 12.7. The molecule has 28 heavy (non-hydrogen) atoms. The molecular formula is C20H32IN5O2. The Morgan fingerprint density at radius 2 is 1.57 bits per heavy atom. The number of nitrogens with one attached hydrogen (secondary N) is 2. The van der Waals surface area contributed by atoms with Gasteiger partial charge in [-0.2, -0.15) is 0 Å². The molecule has 1 saturated carbocycles. The van der Waals surface area contributed by atoms with Crippen molar-refractivity contribution in [3.05, 3.63) is 12.2 Å². The van der Waals surface area contributed by atoms with Crippen LogP contribution in [-0.4, -0.2) is 73.9 Å². The lowest BCUT2D eigenvalue weighted by atomic mass is 9.85. The molecule has 2 aliphatic heterocycles. The van der Waals surface area contributed by atoms with E-state index >= 15 is 0 Å². The molecular weight excluding hydrogens is 469 g/mol. The number of carbonyl (C=O) groups excluding carboxylic acids is 2. The van der Waals surface area contributed by atoms with Crippen LogP contribution in [0.5, 0.6) is 0 Å². The van der Waals surface area contributed by atoms with Gasteiger partial charge >= 0.3 is 0 Å². The first kappa shape index (κ1) is 21.5. The summed E-state index contributed by atoms with van der Waals surface area (Å²) in [6.45, 7) is 5.18. The zero-order chi connectivity index (χ0) is 18.8. The van der Waals surface area contributed by atoms with Crippen molar-refractivity contribution in [1.82, 2.24) is 20.4 Å². The maximum atomic E-state index is 12.7. The lowest BCUT2D eigenvalue weighted by molar-refractivity contribution is -0.140. The van der Waals surface area contributed by atoms with E-state index in [1.54, 1.807) is 7.05 Å². The lowest BCUT2D eigenvalue weighted by Gasteiger charge is -2.26. The Hall–Kier alpha value is -1.16. The van der Waals surface area contributed by atoms with Gasteiger partial charge in [-0.05, 0) is 44.2 Å². The number of aliphatic imine (C=N–C) groups is 1. The number of imide groups is 1. The van der Waals surface area contributed by atoms with E-state index in [9.17, 15) is 9.59 Å². The smallest absolute Gasteiger partial charge is 0.233 e. The topological polar surface area (TPSA) is 77.0 Å². The standard InChI is InChI=1S/C20H31N5O2.HI/c1-21-20(22-7-11-24-9-3-2-4-10-24)23-8-12-25-18(26)16-14-5-6-15(13-14)17(16)19(25)27;/h5-6,14-17H,2-4,7-13H2,1H3,(H2,21,22,23);1H. The van der Waals surface area contributed by atoms with Crippen LogP contribution in [0.3, 0.4) is 0 Å². The lowest BCUT2D eigenvalue weighted by Crippen LogP contribution is -2.45. The highest BCUT2D eigenvalue weighted by atomic mass is 127. The Bertz CT molecular complexity index is 617. The number of rotatable bonds is 6. The van der Waals surface area contributed by atoms with Crippen molar-refractivity contribution in [2.75, 3.05) is 46.3 Å². The van der Waals surface area contributed by atoms with Crippen molar-refractivity contribution in [3.63, 3.8) is 0 Å². The molecule has 2 bridgehead atoms. The molecule has 4 unspecified atom stereocenters. The molecule has 2 amide bonds. The number of hydrogen-bond donors (Lipinski definition) is 2. The average Bonchev–Trinajstić information content (AvgIpc) is 3.37. The molecule has 4 rings (SSSR count). The molecule has 3 fully saturated rings. The van der Waals surface area contributed by atoms with Gasteiger partial charge in [0.1, 0.15) is 0 Å². The summed E-state index contributed by atoms with van der Waals surface area (Å²) in [6, 6.07) is 0. The van der Waals surface area contributed by atoms with Gasteiger partial charge < -0.3 is 15.5 Å². The number of guanidine groups is 1. The normalized spacial score (nSPS) is 31.9. The van der Waals surface area contributed by atoms with Crippen LogP contribution in [0.2, 0.25) is 0 Å². The first-order valence-corrected chi connectivity index (χ1v) is 10.4. The van der Waals surface area contributed by atoms with E-state index in [0.717, 1.165) is 25.5 Å². The van der Waals surface area contributed by atoms with Gasteiger partial charge in [-0.25, -0.2) is 0 Å². The Balaban J connectivity index is 0.00000225. The van der Waals surface area contributed by atoms with E-state index in [-0.39, 0.29) is 59.5 Å². The molecule has 8 heteroatoms. The molecule has 156 valence electrons. The minimum Gasteiger partial charge on any atom is -0.355 e. The van der Waals surface area contributed by atoms with Crippen LogP contribution < -0.4 is 10.6 Å². The number of carbonyl (C=O) groups is 2. The van der Waals surface area contributed by atoms with Gasteiger partial charge in [0.05, 0.1) is 11.8 Å². The van der Waals surface area contributed by atoms with Crippen LogP contribution in [0, 0.1) is 23.7 Å². The summed E-state index contributed by atoms with van der Waals surface area (Å²) in [5.74, 6) is 1.13. The third-order valence-electron chi connectivity index (χ3n) is 6.58. The number of halogens is 1. The first-order chi connectivity index (χ1) is 13.2. The summed E-state index contributed by atoms with van der Waals surface area (Å²) >= 11 is 0. The van der Waals surface area contributed by atoms with Crippen molar-refractivity contribution in [1.29, 1.82) is 0 Å². The molecule has 0 radical (unpaired) electrons. The summed E-state index contributed by atoms with van der Waals surface area (Å²) in [6.07, 6.45) is 9.18.